The zero-order chi connectivity index (χ0) is 44.1. The molecular formula is C56H56N6. The van der Waals surface area contributed by atoms with Crippen molar-refractivity contribution in [2.75, 3.05) is 0 Å². The smallest absolute Gasteiger partial charge is 0.238 e. The van der Waals surface area contributed by atoms with Gasteiger partial charge in [-0.2, -0.15) is 15.2 Å². The van der Waals surface area contributed by atoms with Crippen molar-refractivity contribution < 1.29 is 0 Å². The van der Waals surface area contributed by atoms with Crippen LogP contribution in [0.4, 0.5) is 0 Å². The van der Waals surface area contributed by atoms with Crippen LogP contribution in [0, 0.1) is 11.3 Å². The van der Waals surface area contributed by atoms with Crippen molar-refractivity contribution in [3.05, 3.63) is 149 Å². The fourth-order valence-electron chi connectivity index (χ4n) is 8.66. The Hall–Kier alpha value is -6.58. The zero-order valence-corrected chi connectivity index (χ0v) is 38.2. The third-order valence-corrected chi connectivity index (χ3v) is 12.5. The average Bonchev–Trinajstić information content (AvgIpc) is 3.73. The summed E-state index contributed by atoms with van der Waals surface area (Å²) in [5, 5.41) is 15.6. The number of hydrogen-bond donors (Lipinski definition) is 0. The van der Waals surface area contributed by atoms with Crippen molar-refractivity contribution in [3.8, 4) is 40.5 Å². The van der Waals surface area contributed by atoms with E-state index in [0.717, 1.165) is 49.7 Å². The molecule has 9 aromatic rings. The lowest BCUT2D eigenvalue weighted by molar-refractivity contribution is 0.590. The van der Waals surface area contributed by atoms with Crippen molar-refractivity contribution in [1.29, 1.82) is 5.26 Å². The molecule has 0 aliphatic carbocycles. The molecule has 0 atom stereocenters. The molecule has 0 spiro atoms. The molecule has 0 N–H and O–H groups in total. The number of hydrogen-bond acceptors (Lipinski definition) is 4. The van der Waals surface area contributed by atoms with Gasteiger partial charge in [-0.1, -0.05) is 138 Å². The van der Waals surface area contributed by atoms with Crippen molar-refractivity contribution in [2.24, 2.45) is 0 Å². The maximum Gasteiger partial charge on any atom is 0.238 e. The molecule has 0 aliphatic rings. The second-order valence-corrected chi connectivity index (χ2v) is 21.1. The number of nitriles is 1. The molecule has 0 saturated carbocycles. The van der Waals surface area contributed by atoms with Crippen LogP contribution in [0.3, 0.4) is 0 Å². The van der Waals surface area contributed by atoms with E-state index < -0.39 is 0 Å². The van der Waals surface area contributed by atoms with Gasteiger partial charge >= 0.3 is 0 Å². The highest BCUT2D eigenvalue weighted by atomic mass is 15.2. The Labute approximate surface area is 365 Å². The van der Waals surface area contributed by atoms with Crippen LogP contribution in [0.25, 0.3) is 78.0 Å². The van der Waals surface area contributed by atoms with Crippen LogP contribution in [0.1, 0.15) is 111 Å². The summed E-state index contributed by atoms with van der Waals surface area (Å²) in [5.74, 6) is 1.58. The molecule has 0 saturated heterocycles. The van der Waals surface area contributed by atoms with E-state index in [-0.39, 0.29) is 21.7 Å². The van der Waals surface area contributed by atoms with Gasteiger partial charge in [0.05, 0.1) is 33.3 Å². The van der Waals surface area contributed by atoms with Crippen LogP contribution in [0.15, 0.2) is 121 Å². The normalized spacial score (nSPS) is 12.8. The monoisotopic (exact) mass is 812 g/mol. The lowest BCUT2D eigenvalue weighted by atomic mass is 9.85. The number of nitrogens with zero attached hydrogens (tertiary/aromatic N) is 6. The Morgan fingerprint density at radius 3 is 1.18 bits per heavy atom. The van der Waals surface area contributed by atoms with Gasteiger partial charge in [-0.3, -0.25) is 4.57 Å². The maximum atomic E-state index is 10.9. The summed E-state index contributed by atoms with van der Waals surface area (Å²) in [5.41, 5.74) is 12.1. The van der Waals surface area contributed by atoms with Crippen LogP contribution in [0.2, 0.25) is 0 Å². The first-order chi connectivity index (χ1) is 29.2. The van der Waals surface area contributed by atoms with E-state index in [1.165, 1.54) is 33.0 Å². The fourth-order valence-corrected chi connectivity index (χ4v) is 8.66. The summed E-state index contributed by atoms with van der Waals surface area (Å²) in [7, 11) is 0. The highest BCUT2D eigenvalue weighted by Crippen LogP contribution is 2.40. The third-order valence-electron chi connectivity index (χ3n) is 12.5. The van der Waals surface area contributed by atoms with Crippen LogP contribution < -0.4 is 0 Å². The molecule has 0 amide bonds. The molecule has 6 aromatic carbocycles. The molecule has 0 radical (unpaired) electrons. The summed E-state index contributed by atoms with van der Waals surface area (Å²) in [6.45, 7) is 27.1. The molecule has 0 bridgehead atoms. The Morgan fingerprint density at radius 1 is 0.403 bits per heavy atom. The molecule has 3 heterocycles. The van der Waals surface area contributed by atoms with E-state index >= 15 is 0 Å². The predicted molar refractivity (Wildman–Crippen MR) is 259 cm³/mol. The fraction of sp³-hybridized carbons (Fsp3) is 0.286. The Bertz CT molecular complexity index is 3130. The summed E-state index contributed by atoms with van der Waals surface area (Å²) < 4.78 is 4.42. The highest BCUT2D eigenvalue weighted by Gasteiger charge is 2.25. The highest BCUT2D eigenvalue weighted by molar-refractivity contribution is 6.11. The van der Waals surface area contributed by atoms with Crippen LogP contribution in [-0.2, 0) is 21.7 Å². The van der Waals surface area contributed by atoms with E-state index in [9.17, 15) is 5.26 Å². The molecule has 62 heavy (non-hydrogen) atoms. The Balaban J connectivity index is 1.27. The van der Waals surface area contributed by atoms with E-state index in [2.05, 4.69) is 177 Å². The second kappa shape index (κ2) is 14.2. The van der Waals surface area contributed by atoms with Gasteiger partial charge in [0, 0.05) is 32.7 Å². The van der Waals surface area contributed by atoms with E-state index in [1.54, 1.807) is 0 Å². The van der Waals surface area contributed by atoms with Crippen LogP contribution in [-0.4, -0.2) is 24.1 Å². The van der Waals surface area contributed by atoms with Crippen molar-refractivity contribution in [1.82, 2.24) is 24.1 Å². The topological polar surface area (TPSA) is 72.3 Å². The number of fused-ring (bicyclic) bond motifs is 6. The standard InChI is InChI=1S/C56H56N6/c1-53(2,3)37-19-24-46-41(29-37)42-30-38(54(4,5)6)20-25-47(42)61(46)45-23-18-35(28-36(45)33-57)51-58-50(34-16-14-13-15-17-34)59-52(60-51)62-48-26-21-39(55(7,8)9)31-43(48)44-32-40(56(10,11)12)22-27-49(44)62/h13-32H,1-12H3. The summed E-state index contributed by atoms with van der Waals surface area (Å²) in [4.78, 5) is 15.6. The first kappa shape index (κ1) is 40.8. The van der Waals surface area contributed by atoms with E-state index in [1.807, 2.05) is 42.5 Å². The molecule has 9 rings (SSSR count). The Kier molecular flexibility index (Phi) is 9.37. The van der Waals surface area contributed by atoms with Gasteiger partial charge in [0.15, 0.2) is 11.6 Å². The van der Waals surface area contributed by atoms with Crippen molar-refractivity contribution >= 4 is 43.6 Å². The molecule has 310 valence electrons. The van der Waals surface area contributed by atoms with Crippen molar-refractivity contribution in [2.45, 2.75) is 105 Å². The van der Waals surface area contributed by atoms with Crippen LogP contribution >= 0.6 is 0 Å². The molecule has 0 fully saturated rings. The van der Waals surface area contributed by atoms with Gasteiger partial charge in [0.1, 0.15) is 6.07 Å². The first-order valence-corrected chi connectivity index (χ1v) is 21.8. The van der Waals surface area contributed by atoms with Gasteiger partial charge in [-0.15, -0.1) is 0 Å². The number of rotatable bonds is 4. The lowest BCUT2D eigenvalue weighted by Gasteiger charge is -2.19. The van der Waals surface area contributed by atoms with Gasteiger partial charge in [0.25, 0.3) is 0 Å². The largest absolute Gasteiger partial charge is 0.308 e. The van der Waals surface area contributed by atoms with E-state index in [4.69, 9.17) is 15.0 Å². The van der Waals surface area contributed by atoms with Crippen molar-refractivity contribution in [3.63, 3.8) is 0 Å². The zero-order valence-electron chi connectivity index (χ0n) is 38.2. The second-order valence-electron chi connectivity index (χ2n) is 21.1. The van der Waals surface area contributed by atoms with E-state index in [0.29, 0.717) is 23.2 Å². The molecule has 3 aromatic heterocycles. The molecule has 0 unspecified atom stereocenters. The molecular weight excluding hydrogens is 757 g/mol. The summed E-state index contributed by atoms with van der Waals surface area (Å²) in [6.07, 6.45) is 0. The SMILES string of the molecule is CC(C)(C)c1ccc2c(c1)c1cc(C(C)(C)C)ccc1n2-c1nc(-c2ccccc2)nc(-c2ccc(-n3c4ccc(C(C)(C)C)cc4c4cc(C(C)(C)C)ccc43)c(C#N)c2)n1. The number of aromatic nitrogens is 5. The minimum Gasteiger partial charge on any atom is -0.308 e. The number of benzene rings is 6. The average molecular weight is 813 g/mol. The minimum atomic E-state index is -0.0281. The molecule has 6 nitrogen and oxygen atoms in total. The van der Waals surface area contributed by atoms with Gasteiger partial charge in [0.2, 0.25) is 5.95 Å². The minimum absolute atomic E-state index is 0.0182. The lowest BCUT2D eigenvalue weighted by Crippen LogP contribution is -2.10. The maximum absolute atomic E-state index is 10.9. The van der Waals surface area contributed by atoms with Crippen LogP contribution in [0.5, 0.6) is 0 Å². The third kappa shape index (κ3) is 7.04. The van der Waals surface area contributed by atoms with Gasteiger partial charge < -0.3 is 4.57 Å². The molecule has 6 heteroatoms. The van der Waals surface area contributed by atoms with Gasteiger partial charge in [-0.25, -0.2) is 4.98 Å². The quantitative estimate of drug-likeness (QED) is 0.177. The Morgan fingerprint density at radius 2 is 0.790 bits per heavy atom. The predicted octanol–water partition coefficient (Wildman–Crippen LogP) is 14.5. The summed E-state index contributed by atoms with van der Waals surface area (Å²) >= 11 is 0. The van der Waals surface area contributed by atoms with Gasteiger partial charge in [-0.05, 0) is 111 Å². The first-order valence-electron chi connectivity index (χ1n) is 21.8. The summed E-state index contributed by atoms with van der Waals surface area (Å²) in [6, 6.07) is 45.8. The molecule has 0 aliphatic heterocycles.